The van der Waals surface area contributed by atoms with Gasteiger partial charge in [-0.25, -0.2) is 0 Å². The average Bonchev–Trinajstić information content (AvgIpc) is 2.62. The van der Waals surface area contributed by atoms with Crippen molar-refractivity contribution in [1.29, 1.82) is 0 Å². The lowest BCUT2D eigenvalue weighted by Crippen LogP contribution is -2.07. The highest BCUT2D eigenvalue weighted by Gasteiger charge is 2.14. The summed E-state index contributed by atoms with van der Waals surface area (Å²) in [6.45, 7) is 0.341. The number of benzene rings is 1. The molecule has 0 aliphatic rings. The largest absolute Gasteiger partial charge is 0.480 e. The predicted molar refractivity (Wildman–Crippen MR) is 72.4 cm³/mol. The molecule has 1 heterocycles. The van der Waals surface area contributed by atoms with Gasteiger partial charge in [-0.1, -0.05) is 29.3 Å². The summed E-state index contributed by atoms with van der Waals surface area (Å²) < 4.78 is 1.59. The molecule has 0 amide bonds. The van der Waals surface area contributed by atoms with E-state index in [1.807, 2.05) is 6.07 Å². The van der Waals surface area contributed by atoms with Crippen molar-refractivity contribution in [3.05, 3.63) is 33.9 Å². The highest BCUT2D eigenvalue weighted by atomic mass is 35.5. The number of aliphatic carboxylic acids is 1. The van der Waals surface area contributed by atoms with Crippen LogP contribution in [0.25, 0.3) is 10.9 Å². The standard InChI is InChI=1S/C12H12Cl2N2O2/c13-9-2-1-8-7(3-4-15)5-16(6-10(17)18)12(8)11(9)14/h1-2,5H,3-4,6,15H2,(H,17,18). The molecule has 0 unspecified atom stereocenters. The molecule has 2 aromatic rings. The molecule has 2 rings (SSSR count). The van der Waals surface area contributed by atoms with Gasteiger partial charge >= 0.3 is 5.97 Å². The topological polar surface area (TPSA) is 68.2 Å². The second-order valence-corrected chi connectivity index (χ2v) is 4.76. The minimum absolute atomic E-state index is 0.152. The van der Waals surface area contributed by atoms with E-state index in [4.69, 9.17) is 34.0 Å². The Labute approximate surface area is 114 Å². The van der Waals surface area contributed by atoms with Crippen LogP contribution >= 0.6 is 23.2 Å². The number of aromatic nitrogens is 1. The van der Waals surface area contributed by atoms with Crippen molar-refractivity contribution < 1.29 is 9.90 Å². The Hall–Kier alpha value is -1.23. The molecule has 0 spiro atoms. The lowest BCUT2D eigenvalue weighted by Gasteiger charge is -2.04. The monoisotopic (exact) mass is 286 g/mol. The highest BCUT2D eigenvalue weighted by molar-refractivity contribution is 6.45. The smallest absolute Gasteiger partial charge is 0.323 e. The zero-order chi connectivity index (χ0) is 13.3. The molecule has 0 saturated carbocycles. The van der Waals surface area contributed by atoms with Crippen molar-refractivity contribution in [2.75, 3.05) is 6.54 Å². The molecule has 0 radical (unpaired) electrons. The van der Waals surface area contributed by atoms with Gasteiger partial charge in [0.25, 0.3) is 0 Å². The van der Waals surface area contributed by atoms with Gasteiger partial charge in [-0.05, 0) is 24.6 Å². The summed E-state index contributed by atoms with van der Waals surface area (Å²) in [5, 5.41) is 10.6. The van der Waals surface area contributed by atoms with Crippen LogP contribution in [0.3, 0.4) is 0 Å². The number of carboxylic acid groups (broad SMARTS) is 1. The first-order valence-corrected chi connectivity index (χ1v) is 6.17. The third-order valence-electron chi connectivity index (χ3n) is 2.73. The average molecular weight is 287 g/mol. The Kier molecular flexibility index (Phi) is 3.80. The number of carboxylic acids is 1. The lowest BCUT2D eigenvalue weighted by atomic mass is 10.1. The number of nitrogens with two attached hydrogens (primary N) is 1. The number of hydrogen-bond donors (Lipinski definition) is 2. The van der Waals surface area contributed by atoms with Crippen LogP contribution in [-0.2, 0) is 17.8 Å². The summed E-state index contributed by atoms with van der Waals surface area (Å²) in [4.78, 5) is 10.9. The molecular formula is C12H12Cl2N2O2. The zero-order valence-electron chi connectivity index (χ0n) is 9.49. The maximum absolute atomic E-state index is 10.9. The fourth-order valence-electron chi connectivity index (χ4n) is 2.03. The van der Waals surface area contributed by atoms with Gasteiger partial charge in [0, 0.05) is 11.6 Å². The van der Waals surface area contributed by atoms with Crippen LogP contribution in [-0.4, -0.2) is 22.2 Å². The van der Waals surface area contributed by atoms with E-state index in [1.54, 1.807) is 16.8 Å². The van der Waals surface area contributed by atoms with Gasteiger partial charge in [0.2, 0.25) is 0 Å². The van der Waals surface area contributed by atoms with Crippen LogP contribution in [0.15, 0.2) is 18.3 Å². The Morgan fingerprint density at radius 2 is 2.11 bits per heavy atom. The van der Waals surface area contributed by atoms with Gasteiger partial charge in [-0.2, -0.15) is 0 Å². The van der Waals surface area contributed by atoms with Gasteiger partial charge in [-0.15, -0.1) is 0 Å². The normalized spacial score (nSPS) is 11.1. The third-order valence-corrected chi connectivity index (χ3v) is 3.53. The van der Waals surface area contributed by atoms with E-state index in [0.29, 0.717) is 28.5 Å². The molecule has 1 aromatic heterocycles. The van der Waals surface area contributed by atoms with Crippen molar-refractivity contribution >= 4 is 40.1 Å². The number of nitrogens with zero attached hydrogens (tertiary/aromatic N) is 1. The molecule has 0 fully saturated rings. The Morgan fingerprint density at radius 1 is 1.39 bits per heavy atom. The van der Waals surface area contributed by atoms with E-state index >= 15 is 0 Å². The van der Waals surface area contributed by atoms with Gasteiger partial charge < -0.3 is 15.4 Å². The van der Waals surface area contributed by atoms with Gasteiger partial charge in [-0.3, -0.25) is 4.79 Å². The molecule has 0 aliphatic heterocycles. The third kappa shape index (κ3) is 2.32. The van der Waals surface area contributed by atoms with E-state index in [9.17, 15) is 4.79 Å². The molecule has 18 heavy (non-hydrogen) atoms. The van der Waals surface area contributed by atoms with E-state index in [1.165, 1.54) is 0 Å². The van der Waals surface area contributed by atoms with E-state index < -0.39 is 5.97 Å². The number of fused-ring (bicyclic) bond motifs is 1. The molecule has 3 N–H and O–H groups in total. The second kappa shape index (κ2) is 5.18. The van der Waals surface area contributed by atoms with Crippen LogP contribution in [0, 0.1) is 0 Å². The fraction of sp³-hybridized carbons (Fsp3) is 0.250. The van der Waals surface area contributed by atoms with Gasteiger partial charge in [0.05, 0.1) is 15.6 Å². The Bertz CT molecular complexity index is 608. The molecule has 6 heteroatoms. The molecule has 0 aliphatic carbocycles. The summed E-state index contributed by atoms with van der Waals surface area (Å²) in [6.07, 6.45) is 2.44. The van der Waals surface area contributed by atoms with E-state index in [2.05, 4.69) is 0 Å². The molecule has 96 valence electrons. The van der Waals surface area contributed by atoms with Crippen molar-refractivity contribution in [3.63, 3.8) is 0 Å². The summed E-state index contributed by atoms with van der Waals surface area (Å²) in [5.41, 5.74) is 7.17. The summed E-state index contributed by atoms with van der Waals surface area (Å²) in [6, 6.07) is 3.55. The molecule has 4 nitrogen and oxygen atoms in total. The second-order valence-electron chi connectivity index (χ2n) is 3.97. The lowest BCUT2D eigenvalue weighted by molar-refractivity contribution is -0.137. The van der Waals surface area contributed by atoms with Crippen LogP contribution in [0.4, 0.5) is 0 Å². The van der Waals surface area contributed by atoms with Crippen molar-refractivity contribution in [2.45, 2.75) is 13.0 Å². The maximum atomic E-state index is 10.9. The van der Waals surface area contributed by atoms with Gasteiger partial charge in [0.15, 0.2) is 0 Å². The number of rotatable bonds is 4. The first-order chi connectivity index (χ1) is 8.54. The molecule has 0 atom stereocenters. The first-order valence-electron chi connectivity index (χ1n) is 5.42. The van der Waals surface area contributed by atoms with Crippen LogP contribution in [0.2, 0.25) is 10.0 Å². The number of halogens is 2. The van der Waals surface area contributed by atoms with Crippen molar-refractivity contribution in [2.24, 2.45) is 5.73 Å². The minimum Gasteiger partial charge on any atom is -0.480 e. The Morgan fingerprint density at radius 3 is 2.72 bits per heavy atom. The quantitative estimate of drug-likeness (QED) is 0.908. The summed E-state index contributed by atoms with van der Waals surface area (Å²) >= 11 is 12.1. The highest BCUT2D eigenvalue weighted by Crippen LogP contribution is 2.33. The molecule has 0 saturated heterocycles. The summed E-state index contributed by atoms with van der Waals surface area (Å²) in [5.74, 6) is -0.928. The zero-order valence-corrected chi connectivity index (χ0v) is 11.0. The number of carbonyl (C=O) groups is 1. The van der Waals surface area contributed by atoms with Crippen molar-refractivity contribution in [3.8, 4) is 0 Å². The summed E-state index contributed by atoms with van der Waals surface area (Å²) in [7, 11) is 0. The fourth-order valence-corrected chi connectivity index (χ4v) is 2.45. The van der Waals surface area contributed by atoms with Crippen LogP contribution < -0.4 is 5.73 Å². The SMILES string of the molecule is NCCc1cn(CC(=O)O)c2c(Cl)c(Cl)ccc12. The van der Waals surface area contributed by atoms with E-state index in [0.717, 1.165) is 10.9 Å². The molecule has 0 bridgehead atoms. The number of hydrogen-bond acceptors (Lipinski definition) is 2. The van der Waals surface area contributed by atoms with Crippen LogP contribution in [0.5, 0.6) is 0 Å². The molecular weight excluding hydrogens is 275 g/mol. The predicted octanol–water partition coefficient (Wildman–Crippen LogP) is 2.53. The van der Waals surface area contributed by atoms with Gasteiger partial charge in [0.1, 0.15) is 6.54 Å². The van der Waals surface area contributed by atoms with E-state index in [-0.39, 0.29) is 6.54 Å². The van der Waals surface area contributed by atoms with Crippen molar-refractivity contribution in [1.82, 2.24) is 4.57 Å². The van der Waals surface area contributed by atoms with Crippen LogP contribution in [0.1, 0.15) is 5.56 Å². The molecule has 1 aromatic carbocycles. The Balaban J connectivity index is 2.68. The first kappa shape index (κ1) is 13.2. The minimum atomic E-state index is -0.928. The maximum Gasteiger partial charge on any atom is 0.323 e.